The summed E-state index contributed by atoms with van der Waals surface area (Å²) in [6, 6.07) is 5.08. The van der Waals surface area contributed by atoms with Crippen molar-refractivity contribution in [1.29, 1.82) is 0 Å². The molecule has 0 radical (unpaired) electrons. The van der Waals surface area contributed by atoms with Crippen molar-refractivity contribution in [3.8, 4) is 5.75 Å². The number of hydrogen-bond acceptors (Lipinski definition) is 3. The van der Waals surface area contributed by atoms with Crippen molar-refractivity contribution in [2.24, 2.45) is 0 Å². The second-order valence-corrected chi connectivity index (χ2v) is 3.97. The maximum Gasteiger partial charge on any atom is 0.322 e. The highest BCUT2D eigenvalue weighted by Crippen LogP contribution is 2.28. The van der Waals surface area contributed by atoms with E-state index in [1.807, 2.05) is 13.8 Å². The molecule has 5 heteroatoms. The van der Waals surface area contributed by atoms with Gasteiger partial charge in [-0.2, -0.15) is 0 Å². The first-order chi connectivity index (χ1) is 7.49. The molecule has 0 aliphatic carbocycles. The van der Waals surface area contributed by atoms with Crippen LogP contribution in [0.15, 0.2) is 18.2 Å². The summed E-state index contributed by atoms with van der Waals surface area (Å²) in [6.45, 7) is 3.68. The molecular weight excluding hydrogens is 230 g/mol. The van der Waals surface area contributed by atoms with Crippen LogP contribution in [-0.4, -0.2) is 23.7 Å². The van der Waals surface area contributed by atoms with Gasteiger partial charge in [0.25, 0.3) is 0 Å². The lowest BCUT2D eigenvalue weighted by molar-refractivity contribution is -0.134. The smallest absolute Gasteiger partial charge is 0.322 e. The predicted molar refractivity (Wildman–Crippen MR) is 63.3 cm³/mol. The Bertz CT molecular complexity index is 379. The van der Waals surface area contributed by atoms with Crippen LogP contribution in [0.5, 0.6) is 5.75 Å². The van der Waals surface area contributed by atoms with Gasteiger partial charge in [0.2, 0.25) is 0 Å². The molecule has 4 nitrogen and oxygen atoms in total. The quantitative estimate of drug-likeness (QED) is 0.835. The number of hydrogen-bond donors (Lipinski definition) is 2. The van der Waals surface area contributed by atoms with Crippen LogP contribution in [-0.2, 0) is 4.79 Å². The van der Waals surface area contributed by atoms with Crippen molar-refractivity contribution in [3.05, 3.63) is 23.2 Å². The summed E-state index contributed by atoms with van der Waals surface area (Å²) in [5.74, 6) is -0.323. The molecule has 0 bridgehead atoms. The fourth-order valence-electron chi connectivity index (χ4n) is 1.14. The van der Waals surface area contributed by atoms with Gasteiger partial charge in [0, 0.05) is 5.69 Å². The van der Waals surface area contributed by atoms with Crippen LogP contribution in [0.4, 0.5) is 5.69 Å². The number of carboxylic acids is 1. The molecule has 2 N–H and O–H groups in total. The maximum absolute atomic E-state index is 10.3. The molecule has 88 valence electrons. The Hall–Kier alpha value is -1.42. The molecule has 0 saturated carbocycles. The lowest BCUT2D eigenvalue weighted by Gasteiger charge is -2.12. The van der Waals surface area contributed by atoms with E-state index < -0.39 is 5.97 Å². The van der Waals surface area contributed by atoms with Crippen LogP contribution in [0.25, 0.3) is 0 Å². The summed E-state index contributed by atoms with van der Waals surface area (Å²) in [5, 5.41) is 11.7. The second-order valence-electron chi connectivity index (χ2n) is 3.56. The van der Waals surface area contributed by atoms with Crippen LogP contribution in [0.1, 0.15) is 13.8 Å². The molecule has 16 heavy (non-hydrogen) atoms. The maximum atomic E-state index is 10.3. The Labute approximate surface area is 99.2 Å². The SMILES string of the molecule is CC(C)Oc1ccc(NCC(=O)O)cc1Cl. The average Bonchev–Trinajstić information content (AvgIpc) is 2.18. The Morgan fingerprint density at radius 1 is 1.56 bits per heavy atom. The zero-order chi connectivity index (χ0) is 12.1. The number of aliphatic carboxylic acids is 1. The molecule has 0 unspecified atom stereocenters. The van der Waals surface area contributed by atoms with Gasteiger partial charge in [-0.15, -0.1) is 0 Å². The lowest BCUT2D eigenvalue weighted by atomic mass is 10.3. The van der Waals surface area contributed by atoms with Gasteiger partial charge in [-0.3, -0.25) is 4.79 Å². The van der Waals surface area contributed by atoms with Gasteiger partial charge >= 0.3 is 5.97 Å². The average molecular weight is 244 g/mol. The Kier molecular flexibility index (Phi) is 4.43. The van der Waals surface area contributed by atoms with Crippen LogP contribution >= 0.6 is 11.6 Å². The Morgan fingerprint density at radius 3 is 2.75 bits per heavy atom. The number of nitrogens with one attached hydrogen (secondary N) is 1. The first-order valence-electron chi connectivity index (χ1n) is 4.91. The van der Waals surface area contributed by atoms with Crippen LogP contribution in [0, 0.1) is 0 Å². The summed E-state index contributed by atoms with van der Waals surface area (Å²) in [6.07, 6.45) is 0.0512. The molecular formula is C11H14ClNO3. The molecule has 0 aromatic heterocycles. The summed E-state index contributed by atoms with van der Waals surface area (Å²) in [7, 11) is 0. The molecule has 0 amide bonds. The third kappa shape index (κ3) is 3.98. The summed E-state index contributed by atoms with van der Waals surface area (Å²) < 4.78 is 5.45. The van der Waals surface area contributed by atoms with E-state index in [1.54, 1.807) is 18.2 Å². The van der Waals surface area contributed by atoms with E-state index in [2.05, 4.69) is 5.32 Å². The van der Waals surface area contributed by atoms with Crippen molar-refractivity contribution < 1.29 is 14.6 Å². The van der Waals surface area contributed by atoms with Crippen molar-refractivity contribution in [1.82, 2.24) is 0 Å². The number of anilines is 1. The highest BCUT2D eigenvalue weighted by atomic mass is 35.5. The number of ether oxygens (including phenoxy) is 1. The van der Waals surface area contributed by atoms with Crippen LogP contribution in [0.2, 0.25) is 5.02 Å². The first kappa shape index (κ1) is 12.6. The largest absolute Gasteiger partial charge is 0.489 e. The van der Waals surface area contributed by atoms with E-state index in [1.165, 1.54) is 0 Å². The van der Waals surface area contributed by atoms with Crippen molar-refractivity contribution >= 4 is 23.3 Å². The topological polar surface area (TPSA) is 58.6 Å². The molecule has 0 spiro atoms. The third-order valence-electron chi connectivity index (χ3n) is 1.74. The summed E-state index contributed by atoms with van der Waals surface area (Å²) in [5.41, 5.74) is 0.656. The van der Waals surface area contributed by atoms with Crippen molar-refractivity contribution in [2.75, 3.05) is 11.9 Å². The second kappa shape index (κ2) is 5.61. The van der Waals surface area contributed by atoms with E-state index in [9.17, 15) is 4.79 Å². The van der Waals surface area contributed by atoms with E-state index >= 15 is 0 Å². The fourth-order valence-corrected chi connectivity index (χ4v) is 1.36. The van der Waals surface area contributed by atoms with Crippen LogP contribution in [0.3, 0.4) is 0 Å². The minimum absolute atomic E-state index is 0.0512. The van der Waals surface area contributed by atoms with Crippen molar-refractivity contribution in [3.63, 3.8) is 0 Å². The standard InChI is InChI=1S/C11H14ClNO3/c1-7(2)16-10-4-3-8(5-9(10)12)13-6-11(14)15/h3-5,7,13H,6H2,1-2H3,(H,14,15). The molecule has 0 fully saturated rings. The highest BCUT2D eigenvalue weighted by Gasteiger charge is 2.05. The first-order valence-corrected chi connectivity index (χ1v) is 5.28. The number of carbonyl (C=O) groups is 1. The van der Waals surface area contributed by atoms with Gasteiger partial charge in [-0.05, 0) is 32.0 Å². The Balaban J connectivity index is 2.70. The Morgan fingerprint density at radius 2 is 2.25 bits per heavy atom. The molecule has 0 aliphatic heterocycles. The van der Waals surface area contributed by atoms with Gasteiger partial charge in [-0.1, -0.05) is 11.6 Å². The highest BCUT2D eigenvalue weighted by molar-refractivity contribution is 6.32. The van der Waals surface area contributed by atoms with E-state index in [0.717, 1.165) is 0 Å². The number of halogens is 1. The molecule has 1 aromatic carbocycles. The van der Waals surface area contributed by atoms with E-state index in [4.69, 9.17) is 21.4 Å². The van der Waals surface area contributed by atoms with Gasteiger partial charge in [0.15, 0.2) is 0 Å². The zero-order valence-electron chi connectivity index (χ0n) is 9.16. The zero-order valence-corrected chi connectivity index (χ0v) is 9.91. The molecule has 0 aliphatic rings. The van der Waals surface area contributed by atoms with Gasteiger partial charge in [0.1, 0.15) is 12.3 Å². The van der Waals surface area contributed by atoms with Gasteiger partial charge in [-0.25, -0.2) is 0 Å². The van der Waals surface area contributed by atoms with E-state index in [-0.39, 0.29) is 12.6 Å². The van der Waals surface area contributed by atoms with Gasteiger partial charge in [0.05, 0.1) is 11.1 Å². The monoisotopic (exact) mass is 243 g/mol. The molecule has 0 saturated heterocycles. The van der Waals surface area contributed by atoms with E-state index in [0.29, 0.717) is 16.5 Å². The van der Waals surface area contributed by atoms with Crippen molar-refractivity contribution in [2.45, 2.75) is 20.0 Å². The fraction of sp³-hybridized carbons (Fsp3) is 0.364. The number of benzene rings is 1. The summed E-state index contributed by atoms with van der Waals surface area (Å²) >= 11 is 5.98. The van der Waals surface area contributed by atoms with Crippen LogP contribution < -0.4 is 10.1 Å². The molecule has 0 atom stereocenters. The van der Waals surface area contributed by atoms with Gasteiger partial charge < -0.3 is 15.2 Å². The lowest BCUT2D eigenvalue weighted by Crippen LogP contribution is -2.12. The minimum Gasteiger partial charge on any atom is -0.489 e. The third-order valence-corrected chi connectivity index (χ3v) is 2.03. The summed E-state index contributed by atoms with van der Waals surface area (Å²) in [4.78, 5) is 10.3. The number of rotatable bonds is 5. The predicted octanol–water partition coefficient (Wildman–Crippen LogP) is 2.62. The normalized spacial score (nSPS) is 10.2. The number of carboxylic acid groups (broad SMARTS) is 1. The molecule has 1 rings (SSSR count). The minimum atomic E-state index is -0.918. The molecule has 0 heterocycles. The molecule has 1 aromatic rings.